The number of hydrogen-bond acceptors (Lipinski definition) is 2. The molecule has 0 aromatic heterocycles. The van der Waals surface area contributed by atoms with E-state index in [1.807, 2.05) is 0 Å². The van der Waals surface area contributed by atoms with Crippen molar-refractivity contribution in [2.75, 3.05) is 19.6 Å². The number of hydrogen-bond donors (Lipinski definition) is 1. The van der Waals surface area contributed by atoms with E-state index in [0.29, 0.717) is 0 Å². The number of rotatable bonds is 5. The number of likely N-dealkylation sites (tertiary alicyclic amines) is 1. The highest BCUT2D eigenvalue weighted by atomic mass is 15.2. The molecule has 1 saturated carbocycles. The molecule has 3 unspecified atom stereocenters. The molecule has 1 aliphatic carbocycles. The molecule has 0 radical (unpaired) electrons. The lowest BCUT2D eigenvalue weighted by Crippen LogP contribution is -2.35. The topological polar surface area (TPSA) is 15.3 Å². The zero-order valence-corrected chi connectivity index (χ0v) is 11.0. The summed E-state index contributed by atoms with van der Waals surface area (Å²) in [5, 5.41) is 3.66. The fourth-order valence-corrected chi connectivity index (χ4v) is 3.57. The third-order valence-electron chi connectivity index (χ3n) is 4.60. The fourth-order valence-electron chi connectivity index (χ4n) is 3.57. The van der Waals surface area contributed by atoms with E-state index < -0.39 is 0 Å². The lowest BCUT2D eigenvalue weighted by molar-refractivity contribution is 0.236. The molecule has 1 N–H and O–H groups in total. The third-order valence-corrected chi connectivity index (χ3v) is 4.60. The monoisotopic (exact) mass is 224 g/mol. The van der Waals surface area contributed by atoms with Gasteiger partial charge < -0.3 is 10.2 Å². The van der Waals surface area contributed by atoms with Gasteiger partial charge in [-0.3, -0.25) is 0 Å². The molecule has 1 saturated heterocycles. The molecule has 0 aromatic carbocycles. The molecule has 0 aromatic rings. The van der Waals surface area contributed by atoms with Gasteiger partial charge in [0.1, 0.15) is 0 Å². The van der Waals surface area contributed by atoms with Crippen molar-refractivity contribution in [3.63, 3.8) is 0 Å². The second kappa shape index (κ2) is 6.02. The van der Waals surface area contributed by atoms with E-state index in [1.54, 1.807) is 0 Å². The average Bonchev–Trinajstić information content (AvgIpc) is 2.86. The van der Waals surface area contributed by atoms with Crippen LogP contribution in [0.1, 0.15) is 52.4 Å². The molecular weight excluding hydrogens is 196 g/mol. The van der Waals surface area contributed by atoms with E-state index in [-0.39, 0.29) is 0 Å². The van der Waals surface area contributed by atoms with Crippen molar-refractivity contribution in [2.45, 2.75) is 64.5 Å². The minimum atomic E-state index is 0.822. The molecule has 2 rings (SSSR count). The first-order chi connectivity index (χ1) is 7.81. The highest BCUT2D eigenvalue weighted by molar-refractivity contribution is 4.84. The van der Waals surface area contributed by atoms with Gasteiger partial charge in [0.25, 0.3) is 0 Å². The maximum absolute atomic E-state index is 3.66. The Bertz CT molecular complexity index is 205. The van der Waals surface area contributed by atoms with Crippen LogP contribution in [0.5, 0.6) is 0 Å². The van der Waals surface area contributed by atoms with Crippen molar-refractivity contribution in [2.24, 2.45) is 5.92 Å². The van der Waals surface area contributed by atoms with Crippen molar-refractivity contribution in [3.8, 4) is 0 Å². The molecule has 2 heteroatoms. The van der Waals surface area contributed by atoms with Crippen LogP contribution in [0.25, 0.3) is 0 Å². The molecule has 94 valence electrons. The SMILES string of the molecule is CCNC1CCCC1CCN1CCCC1C. The highest BCUT2D eigenvalue weighted by Gasteiger charge is 2.28. The van der Waals surface area contributed by atoms with Gasteiger partial charge in [-0.25, -0.2) is 0 Å². The predicted molar refractivity (Wildman–Crippen MR) is 69.7 cm³/mol. The zero-order chi connectivity index (χ0) is 11.4. The van der Waals surface area contributed by atoms with Crippen LogP contribution in [0.15, 0.2) is 0 Å². The Balaban J connectivity index is 1.72. The first kappa shape index (κ1) is 12.4. The molecule has 1 aliphatic heterocycles. The summed E-state index contributed by atoms with van der Waals surface area (Å²) in [6.07, 6.45) is 8.57. The average molecular weight is 224 g/mol. The van der Waals surface area contributed by atoms with Crippen molar-refractivity contribution in [1.82, 2.24) is 10.2 Å². The van der Waals surface area contributed by atoms with Gasteiger partial charge >= 0.3 is 0 Å². The Morgan fingerprint density at radius 2 is 2.06 bits per heavy atom. The van der Waals surface area contributed by atoms with Crippen molar-refractivity contribution < 1.29 is 0 Å². The van der Waals surface area contributed by atoms with E-state index in [0.717, 1.165) is 24.5 Å². The van der Waals surface area contributed by atoms with Gasteiger partial charge in [-0.15, -0.1) is 0 Å². The van der Waals surface area contributed by atoms with Crippen molar-refractivity contribution in [1.29, 1.82) is 0 Å². The van der Waals surface area contributed by atoms with Crippen LogP contribution in [0.2, 0.25) is 0 Å². The maximum Gasteiger partial charge on any atom is 0.00956 e. The van der Waals surface area contributed by atoms with Crippen LogP contribution < -0.4 is 5.32 Å². The highest BCUT2D eigenvalue weighted by Crippen LogP contribution is 2.29. The number of nitrogens with one attached hydrogen (secondary N) is 1. The minimum absolute atomic E-state index is 0.822. The fraction of sp³-hybridized carbons (Fsp3) is 1.00. The van der Waals surface area contributed by atoms with Crippen LogP contribution in [0, 0.1) is 5.92 Å². The Morgan fingerprint density at radius 3 is 2.75 bits per heavy atom. The summed E-state index contributed by atoms with van der Waals surface area (Å²) in [7, 11) is 0. The molecule has 0 spiro atoms. The van der Waals surface area contributed by atoms with Crippen molar-refractivity contribution in [3.05, 3.63) is 0 Å². The predicted octanol–water partition coefficient (Wildman–Crippen LogP) is 2.64. The Morgan fingerprint density at radius 1 is 1.19 bits per heavy atom. The van der Waals surface area contributed by atoms with Gasteiger partial charge in [0.2, 0.25) is 0 Å². The second-order valence-corrected chi connectivity index (χ2v) is 5.67. The zero-order valence-electron chi connectivity index (χ0n) is 11.0. The molecule has 1 heterocycles. The Hall–Kier alpha value is -0.0800. The lowest BCUT2D eigenvalue weighted by atomic mass is 9.99. The molecule has 2 fully saturated rings. The molecule has 2 nitrogen and oxygen atoms in total. The molecule has 3 atom stereocenters. The van der Waals surface area contributed by atoms with Crippen LogP contribution in [-0.4, -0.2) is 36.6 Å². The van der Waals surface area contributed by atoms with E-state index in [2.05, 4.69) is 24.1 Å². The lowest BCUT2D eigenvalue weighted by Gasteiger charge is -2.25. The van der Waals surface area contributed by atoms with Crippen LogP contribution in [-0.2, 0) is 0 Å². The molecule has 2 aliphatic rings. The van der Waals surface area contributed by atoms with Gasteiger partial charge in [-0.1, -0.05) is 13.3 Å². The second-order valence-electron chi connectivity index (χ2n) is 5.67. The van der Waals surface area contributed by atoms with Gasteiger partial charge in [0, 0.05) is 12.1 Å². The summed E-state index contributed by atoms with van der Waals surface area (Å²) in [5.74, 6) is 0.952. The van der Waals surface area contributed by atoms with Crippen LogP contribution in [0.4, 0.5) is 0 Å². The first-order valence-electron chi connectivity index (χ1n) is 7.28. The van der Waals surface area contributed by atoms with Gasteiger partial charge in [0.15, 0.2) is 0 Å². The Labute approximate surface area is 101 Å². The standard InChI is InChI=1S/C14H28N2/c1-3-15-14-8-4-7-13(14)9-11-16-10-5-6-12(16)2/h12-15H,3-11H2,1-2H3. The van der Waals surface area contributed by atoms with E-state index >= 15 is 0 Å². The van der Waals surface area contributed by atoms with E-state index in [9.17, 15) is 0 Å². The van der Waals surface area contributed by atoms with Gasteiger partial charge in [-0.05, 0) is 64.6 Å². The summed E-state index contributed by atoms with van der Waals surface area (Å²) < 4.78 is 0. The van der Waals surface area contributed by atoms with Crippen molar-refractivity contribution >= 4 is 0 Å². The van der Waals surface area contributed by atoms with Crippen LogP contribution in [0.3, 0.4) is 0 Å². The Kier molecular flexibility index (Phi) is 4.66. The third kappa shape index (κ3) is 2.98. The van der Waals surface area contributed by atoms with Gasteiger partial charge in [-0.2, -0.15) is 0 Å². The molecular formula is C14H28N2. The van der Waals surface area contributed by atoms with E-state index in [4.69, 9.17) is 0 Å². The summed E-state index contributed by atoms with van der Waals surface area (Å²) in [6.45, 7) is 8.45. The minimum Gasteiger partial charge on any atom is -0.314 e. The molecule has 0 amide bonds. The van der Waals surface area contributed by atoms with Crippen LogP contribution >= 0.6 is 0 Å². The van der Waals surface area contributed by atoms with Gasteiger partial charge in [0.05, 0.1) is 0 Å². The summed E-state index contributed by atoms with van der Waals surface area (Å²) in [5.41, 5.74) is 0. The largest absolute Gasteiger partial charge is 0.314 e. The molecule has 16 heavy (non-hydrogen) atoms. The first-order valence-corrected chi connectivity index (χ1v) is 7.28. The van der Waals surface area contributed by atoms with E-state index in [1.165, 1.54) is 51.6 Å². The quantitative estimate of drug-likeness (QED) is 0.772. The normalized spacial score (nSPS) is 36.0. The summed E-state index contributed by atoms with van der Waals surface area (Å²) in [6, 6.07) is 1.67. The smallest absolute Gasteiger partial charge is 0.00956 e. The number of nitrogens with zero attached hydrogens (tertiary/aromatic N) is 1. The molecule has 0 bridgehead atoms. The summed E-state index contributed by atoms with van der Waals surface area (Å²) >= 11 is 0. The summed E-state index contributed by atoms with van der Waals surface area (Å²) in [4.78, 5) is 2.70. The maximum atomic E-state index is 3.66.